The Morgan fingerprint density at radius 3 is 2.69 bits per heavy atom. The van der Waals surface area contributed by atoms with Gasteiger partial charge in [0.1, 0.15) is 17.0 Å². The van der Waals surface area contributed by atoms with Crippen molar-refractivity contribution < 1.29 is 27.8 Å². The highest BCUT2D eigenvalue weighted by atomic mass is 19.4. The van der Waals surface area contributed by atoms with Crippen molar-refractivity contribution in [2.24, 2.45) is 5.10 Å². The number of halogens is 3. The number of nitrogens with one attached hydrogen (secondary N) is 1. The fraction of sp³-hybridized carbons (Fsp3) is 0.0556. The van der Waals surface area contributed by atoms with Crippen LogP contribution in [0.5, 0.6) is 11.6 Å². The largest absolute Gasteiger partial charge is 0.573 e. The molecule has 2 N–H and O–H groups in total. The first kappa shape index (κ1) is 19.7. The molecule has 0 unspecified atom stereocenters. The van der Waals surface area contributed by atoms with Gasteiger partial charge in [0.2, 0.25) is 5.88 Å². The van der Waals surface area contributed by atoms with Gasteiger partial charge >= 0.3 is 6.36 Å². The molecular formula is C18H12F3N5O3. The predicted molar refractivity (Wildman–Crippen MR) is 95.1 cm³/mol. The van der Waals surface area contributed by atoms with E-state index in [1.165, 1.54) is 18.3 Å². The molecule has 0 atom stereocenters. The first-order chi connectivity index (χ1) is 13.8. The summed E-state index contributed by atoms with van der Waals surface area (Å²) >= 11 is 0. The molecule has 0 aliphatic carbocycles. The molecule has 3 aromatic rings. The molecule has 1 aromatic carbocycles. The van der Waals surface area contributed by atoms with Crippen LogP contribution in [0, 0.1) is 0 Å². The third kappa shape index (κ3) is 5.48. The van der Waals surface area contributed by atoms with Crippen LogP contribution in [0.25, 0.3) is 11.5 Å². The molecule has 11 heteroatoms. The van der Waals surface area contributed by atoms with Gasteiger partial charge in [-0.2, -0.15) is 10.1 Å². The summed E-state index contributed by atoms with van der Waals surface area (Å²) in [5.41, 5.74) is 2.55. The number of alkyl halides is 3. The number of pyridine rings is 1. The Bertz CT molecular complexity index is 1040. The highest BCUT2D eigenvalue weighted by Gasteiger charge is 2.31. The van der Waals surface area contributed by atoms with E-state index in [-0.39, 0.29) is 17.0 Å². The summed E-state index contributed by atoms with van der Waals surface area (Å²) < 4.78 is 40.5. The molecule has 0 radical (unpaired) electrons. The zero-order valence-electron chi connectivity index (χ0n) is 14.5. The lowest BCUT2D eigenvalue weighted by Crippen LogP contribution is -2.18. The number of hydrazone groups is 1. The summed E-state index contributed by atoms with van der Waals surface area (Å²) in [7, 11) is 0. The molecule has 8 nitrogen and oxygen atoms in total. The van der Waals surface area contributed by atoms with Crippen LogP contribution in [0.3, 0.4) is 0 Å². The van der Waals surface area contributed by atoms with Crippen LogP contribution < -0.4 is 10.2 Å². The van der Waals surface area contributed by atoms with Crippen LogP contribution in [-0.2, 0) is 0 Å². The Morgan fingerprint density at radius 2 is 2.00 bits per heavy atom. The van der Waals surface area contributed by atoms with Gasteiger partial charge in [-0.25, -0.2) is 10.4 Å². The number of ether oxygens (including phenoxy) is 1. The van der Waals surface area contributed by atoms with Gasteiger partial charge in [0, 0.05) is 12.4 Å². The maximum Gasteiger partial charge on any atom is 0.573 e. The van der Waals surface area contributed by atoms with E-state index in [9.17, 15) is 23.1 Å². The van der Waals surface area contributed by atoms with Crippen molar-refractivity contribution in [1.82, 2.24) is 20.4 Å². The van der Waals surface area contributed by atoms with Crippen LogP contribution in [0.4, 0.5) is 13.2 Å². The number of nitrogens with zero attached hydrogens (tertiary/aromatic N) is 4. The minimum Gasteiger partial charge on any atom is -0.493 e. The number of carbonyl (C=O) groups excluding carboxylic acids is 1. The molecule has 3 rings (SSSR count). The summed E-state index contributed by atoms with van der Waals surface area (Å²) in [6.07, 6.45) is -1.07. The Labute approximate surface area is 161 Å². The number of aromatic nitrogens is 3. The van der Waals surface area contributed by atoms with E-state index in [1.807, 2.05) is 0 Å². The lowest BCUT2D eigenvalue weighted by atomic mass is 10.2. The molecule has 0 bridgehead atoms. The molecular weight excluding hydrogens is 391 g/mol. The van der Waals surface area contributed by atoms with Crippen molar-refractivity contribution in [2.75, 3.05) is 0 Å². The molecule has 29 heavy (non-hydrogen) atoms. The quantitative estimate of drug-likeness (QED) is 0.501. The van der Waals surface area contributed by atoms with E-state index in [1.54, 1.807) is 18.2 Å². The summed E-state index contributed by atoms with van der Waals surface area (Å²) in [6, 6.07) is 10.1. The van der Waals surface area contributed by atoms with Gasteiger partial charge in [-0.1, -0.05) is 18.2 Å². The summed E-state index contributed by atoms with van der Waals surface area (Å²) in [5, 5.41) is 13.6. The van der Waals surface area contributed by atoms with E-state index >= 15 is 0 Å². The van der Waals surface area contributed by atoms with Gasteiger partial charge in [-0.15, -0.1) is 13.2 Å². The highest BCUT2D eigenvalue weighted by molar-refractivity contribution is 5.96. The average molecular weight is 403 g/mol. The topological polar surface area (TPSA) is 110 Å². The van der Waals surface area contributed by atoms with E-state index in [4.69, 9.17) is 0 Å². The van der Waals surface area contributed by atoms with Crippen LogP contribution >= 0.6 is 0 Å². The fourth-order valence-corrected chi connectivity index (χ4v) is 2.17. The standard InChI is InChI=1S/C18H12F3N5O3/c19-18(20,21)29-12-5-3-4-11(8-12)9-24-26-17(28)13-10-23-15(25-16(13)27)14-6-1-2-7-22-14/h1-10H,(H,26,28)(H,23,25,27)/b24-9+. The Morgan fingerprint density at radius 1 is 1.17 bits per heavy atom. The number of hydrogen-bond donors (Lipinski definition) is 2. The fourth-order valence-electron chi connectivity index (χ4n) is 2.17. The van der Waals surface area contributed by atoms with E-state index in [2.05, 4.69) is 30.2 Å². The molecule has 0 fully saturated rings. The van der Waals surface area contributed by atoms with Gasteiger partial charge in [0.25, 0.3) is 5.91 Å². The highest BCUT2D eigenvalue weighted by Crippen LogP contribution is 2.23. The summed E-state index contributed by atoms with van der Waals surface area (Å²) in [4.78, 5) is 23.9. The van der Waals surface area contributed by atoms with Crippen molar-refractivity contribution in [3.63, 3.8) is 0 Å². The van der Waals surface area contributed by atoms with Gasteiger partial charge in [0.15, 0.2) is 5.82 Å². The van der Waals surface area contributed by atoms with Crippen LogP contribution in [0.1, 0.15) is 15.9 Å². The molecule has 148 valence electrons. The maximum absolute atomic E-state index is 12.2. The van der Waals surface area contributed by atoms with Gasteiger partial charge in [-0.05, 0) is 29.8 Å². The molecule has 0 saturated carbocycles. The third-order valence-corrected chi connectivity index (χ3v) is 3.38. The number of hydrogen-bond acceptors (Lipinski definition) is 7. The minimum atomic E-state index is -4.82. The smallest absolute Gasteiger partial charge is 0.493 e. The first-order valence-corrected chi connectivity index (χ1v) is 7.98. The molecule has 1 amide bonds. The second-order valence-corrected chi connectivity index (χ2v) is 5.47. The monoisotopic (exact) mass is 403 g/mol. The van der Waals surface area contributed by atoms with Crippen molar-refractivity contribution >= 4 is 12.1 Å². The van der Waals surface area contributed by atoms with Gasteiger partial charge < -0.3 is 9.84 Å². The second kappa shape index (κ2) is 8.33. The van der Waals surface area contributed by atoms with E-state index < -0.39 is 23.9 Å². The predicted octanol–water partition coefficient (Wildman–Crippen LogP) is 2.91. The number of amides is 1. The van der Waals surface area contributed by atoms with Gasteiger partial charge in [-0.3, -0.25) is 9.78 Å². The third-order valence-electron chi connectivity index (χ3n) is 3.38. The van der Waals surface area contributed by atoms with Crippen molar-refractivity contribution in [3.05, 3.63) is 66.0 Å². The molecule has 2 heterocycles. The zero-order chi connectivity index (χ0) is 20.9. The van der Waals surface area contributed by atoms with Crippen molar-refractivity contribution in [2.45, 2.75) is 6.36 Å². The molecule has 0 aliphatic rings. The molecule has 0 aliphatic heterocycles. The average Bonchev–Trinajstić information content (AvgIpc) is 2.67. The SMILES string of the molecule is O=C(N/N=C/c1cccc(OC(F)(F)F)c1)c1cnc(-c2ccccn2)nc1O. The normalized spacial score (nSPS) is 11.4. The molecule has 0 saturated heterocycles. The second-order valence-electron chi connectivity index (χ2n) is 5.47. The minimum absolute atomic E-state index is 0.129. The number of aromatic hydroxyl groups is 1. The zero-order valence-corrected chi connectivity index (χ0v) is 14.5. The number of rotatable bonds is 5. The van der Waals surface area contributed by atoms with Crippen LogP contribution in [0.2, 0.25) is 0 Å². The number of carbonyl (C=O) groups is 1. The molecule has 2 aromatic heterocycles. The Kier molecular flexibility index (Phi) is 5.67. The van der Waals surface area contributed by atoms with Crippen LogP contribution in [-0.4, -0.2) is 38.5 Å². The van der Waals surface area contributed by atoms with Crippen molar-refractivity contribution in [3.8, 4) is 23.1 Å². The Balaban J connectivity index is 1.67. The van der Waals surface area contributed by atoms with Gasteiger partial charge in [0.05, 0.1) is 6.21 Å². The van der Waals surface area contributed by atoms with E-state index in [0.717, 1.165) is 24.5 Å². The van der Waals surface area contributed by atoms with Crippen LogP contribution in [0.15, 0.2) is 60.0 Å². The molecule has 0 spiro atoms. The lowest BCUT2D eigenvalue weighted by Gasteiger charge is -2.08. The number of benzene rings is 1. The van der Waals surface area contributed by atoms with Crippen molar-refractivity contribution in [1.29, 1.82) is 0 Å². The lowest BCUT2D eigenvalue weighted by molar-refractivity contribution is -0.274. The first-order valence-electron chi connectivity index (χ1n) is 7.98. The van der Waals surface area contributed by atoms with E-state index in [0.29, 0.717) is 5.69 Å². The summed E-state index contributed by atoms with van der Waals surface area (Å²) in [5.74, 6) is -1.68. The summed E-state index contributed by atoms with van der Waals surface area (Å²) in [6.45, 7) is 0. The Hall–Kier alpha value is -4.02. The maximum atomic E-state index is 12.2.